The summed E-state index contributed by atoms with van der Waals surface area (Å²) in [4.78, 5) is 9.30. The maximum absolute atomic E-state index is 5.75. The summed E-state index contributed by atoms with van der Waals surface area (Å²) in [5.74, 6) is 1.80. The largest absolute Gasteiger partial charge is 0.494 e. The Morgan fingerprint density at radius 1 is 1.14 bits per heavy atom. The fraction of sp³-hybridized carbons (Fsp3) is 0.667. The van der Waals surface area contributed by atoms with Gasteiger partial charge in [-0.15, -0.1) is 24.0 Å². The number of halogens is 1. The van der Waals surface area contributed by atoms with Crippen LogP contribution in [0.5, 0.6) is 5.75 Å². The van der Waals surface area contributed by atoms with Gasteiger partial charge in [-0.2, -0.15) is 0 Å². The zero-order chi connectivity index (χ0) is 19.5. The van der Waals surface area contributed by atoms with E-state index in [0.717, 1.165) is 30.2 Å². The zero-order valence-corrected chi connectivity index (χ0v) is 20.3. The molecule has 2 N–H and O–H groups in total. The van der Waals surface area contributed by atoms with Crippen molar-refractivity contribution in [2.45, 2.75) is 33.2 Å². The van der Waals surface area contributed by atoms with Gasteiger partial charge in [-0.25, -0.2) is 0 Å². The fourth-order valence-electron chi connectivity index (χ4n) is 3.24. The van der Waals surface area contributed by atoms with Crippen LogP contribution < -0.4 is 15.4 Å². The molecule has 0 saturated carbocycles. The van der Waals surface area contributed by atoms with Crippen LogP contribution in [0.15, 0.2) is 23.2 Å². The number of aryl methyl sites for hydroxylation is 1. The second-order valence-electron chi connectivity index (χ2n) is 7.25. The highest BCUT2D eigenvalue weighted by Crippen LogP contribution is 2.20. The summed E-state index contributed by atoms with van der Waals surface area (Å²) in [6.45, 7) is 12.4. The Morgan fingerprint density at radius 3 is 2.57 bits per heavy atom. The van der Waals surface area contributed by atoms with Gasteiger partial charge < -0.3 is 25.2 Å². The predicted octanol–water partition coefficient (Wildman–Crippen LogP) is 2.70. The molecule has 0 bridgehead atoms. The summed E-state index contributed by atoms with van der Waals surface area (Å²) in [7, 11) is 4.02. The molecular weight excluding hydrogens is 465 g/mol. The number of likely N-dealkylation sites (N-methyl/N-ethyl adjacent to an activating group) is 1. The normalized spacial score (nSPS) is 15.8. The van der Waals surface area contributed by atoms with Gasteiger partial charge in [-0.1, -0.05) is 12.1 Å². The molecule has 0 atom stereocenters. The Morgan fingerprint density at radius 2 is 1.89 bits per heavy atom. The molecular formula is C21H38IN5O. The topological polar surface area (TPSA) is 52.1 Å². The van der Waals surface area contributed by atoms with E-state index in [1.54, 1.807) is 0 Å². The SMILES string of the molecule is CCOc1cc(C)ccc1CNC(=NC)NCCCCN1CCN(C)CC1.I. The number of hydrogen-bond donors (Lipinski definition) is 2. The number of ether oxygens (including phenoxy) is 1. The summed E-state index contributed by atoms with van der Waals surface area (Å²) >= 11 is 0. The molecule has 0 unspecified atom stereocenters. The van der Waals surface area contributed by atoms with E-state index < -0.39 is 0 Å². The van der Waals surface area contributed by atoms with E-state index in [9.17, 15) is 0 Å². The van der Waals surface area contributed by atoms with Gasteiger partial charge in [-0.05, 0) is 51.9 Å². The molecule has 1 aromatic carbocycles. The number of nitrogens with one attached hydrogen (secondary N) is 2. The number of hydrogen-bond acceptors (Lipinski definition) is 4. The first-order valence-electron chi connectivity index (χ1n) is 10.2. The molecule has 7 heteroatoms. The van der Waals surface area contributed by atoms with Crippen LogP contribution in [0.25, 0.3) is 0 Å². The second-order valence-corrected chi connectivity index (χ2v) is 7.25. The van der Waals surface area contributed by atoms with Crippen LogP contribution >= 0.6 is 24.0 Å². The summed E-state index contributed by atoms with van der Waals surface area (Å²) in [5, 5.41) is 6.81. The highest BCUT2D eigenvalue weighted by atomic mass is 127. The third-order valence-electron chi connectivity index (χ3n) is 4.98. The predicted molar refractivity (Wildman–Crippen MR) is 129 cm³/mol. The van der Waals surface area contributed by atoms with E-state index in [0.29, 0.717) is 13.2 Å². The first kappa shape index (κ1) is 25.0. The van der Waals surface area contributed by atoms with Crippen LogP contribution in [0.2, 0.25) is 0 Å². The molecule has 28 heavy (non-hydrogen) atoms. The number of unbranched alkanes of at least 4 members (excludes halogenated alkanes) is 1. The van der Waals surface area contributed by atoms with E-state index in [1.165, 1.54) is 44.7 Å². The van der Waals surface area contributed by atoms with Crippen LogP contribution in [0, 0.1) is 6.92 Å². The molecule has 1 aromatic rings. The number of nitrogens with zero attached hydrogens (tertiary/aromatic N) is 3. The molecule has 1 aliphatic rings. The molecule has 1 heterocycles. The highest BCUT2D eigenvalue weighted by molar-refractivity contribution is 14.0. The highest BCUT2D eigenvalue weighted by Gasteiger charge is 2.12. The first-order chi connectivity index (χ1) is 13.1. The average molecular weight is 503 g/mol. The Hall–Kier alpha value is -1.06. The van der Waals surface area contributed by atoms with Gasteiger partial charge in [-0.3, -0.25) is 4.99 Å². The van der Waals surface area contributed by atoms with E-state index in [1.807, 2.05) is 14.0 Å². The van der Waals surface area contributed by atoms with Crippen LogP contribution in [-0.4, -0.2) is 75.7 Å². The van der Waals surface area contributed by atoms with Crippen molar-refractivity contribution < 1.29 is 4.74 Å². The van der Waals surface area contributed by atoms with Crippen molar-refractivity contribution in [1.29, 1.82) is 0 Å². The number of guanidine groups is 1. The number of benzene rings is 1. The van der Waals surface area contributed by atoms with Crippen molar-refractivity contribution in [3.8, 4) is 5.75 Å². The molecule has 2 rings (SSSR count). The molecule has 0 aromatic heterocycles. The molecule has 1 aliphatic heterocycles. The molecule has 0 spiro atoms. The van der Waals surface area contributed by atoms with Gasteiger partial charge in [0.15, 0.2) is 5.96 Å². The van der Waals surface area contributed by atoms with Crippen molar-refractivity contribution in [2.75, 3.05) is 60.0 Å². The third kappa shape index (κ3) is 8.96. The minimum atomic E-state index is 0. The Bertz CT molecular complexity index is 588. The monoisotopic (exact) mass is 503 g/mol. The molecule has 0 amide bonds. The zero-order valence-electron chi connectivity index (χ0n) is 18.0. The number of aliphatic imine (C=N–C) groups is 1. The van der Waals surface area contributed by atoms with E-state index in [2.05, 4.69) is 57.6 Å². The molecule has 1 saturated heterocycles. The Labute approximate surface area is 188 Å². The van der Waals surface area contributed by atoms with Gasteiger partial charge in [0.25, 0.3) is 0 Å². The summed E-state index contributed by atoms with van der Waals surface area (Å²) in [6, 6.07) is 6.33. The molecule has 0 radical (unpaired) electrons. The van der Waals surface area contributed by atoms with Crippen molar-refractivity contribution in [3.63, 3.8) is 0 Å². The minimum absolute atomic E-state index is 0. The van der Waals surface area contributed by atoms with Gasteiger partial charge in [0, 0.05) is 51.9 Å². The molecule has 1 fully saturated rings. The molecule has 6 nitrogen and oxygen atoms in total. The first-order valence-corrected chi connectivity index (χ1v) is 10.2. The van der Waals surface area contributed by atoms with Crippen molar-refractivity contribution >= 4 is 29.9 Å². The fourth-order valence-corrected chi connectivity index (χ4v) is 3.24. The lowest BCUT2D eigenvalue weighted by molar-refractivity contribution is 0.152. The smallest absolute Gasteiger partial charge is 0.191 e. The Kier molecular flexibility index (Phi) is 12.5. The minimum Gasteiger partial charge on any atom is -0.494 e. The van der Waals surface area contributed by atoms with Crippen molar-refractivity contribution in [1.82, 2.24) is 20.4 Å². The maximum atomic E-state index is 5.75. The standard InChI is InChI=1S/C21H37N5O.HI/c1-5-27-20-16-18(2)8-9-19(20)17-24-21(22-3)23-10-6-7-11-26-14-12-25(4)13-15-26;/h8-9,16H,5-7,10-15,17H2,1-4H3,(H2,22,23,24);1H. The van der Waals surface area contributed by atoms with Crippen LogP contribution in [-0.2, 0) is 6.54 Å². The van der Waals surface area contributed by atoms with Crippen LogP contribution in [0.3, 0.4) is 0 Å². The van der Waals surface area contributed by atoms with E-state index in [-0.39, 0.29) is 24.0 Å². The van der Waals surface area contributed by atoms with Crippen molar-refractivity contribution in [3.05, 3.63) is 29.3 Å². The molecule has 0 aliphatic carbocycles. The van der Waals surface area contributed by atoms with Gasteiger partial charge in [0.05, 0.1) is 6.61 Å². The Balaban J connectivity index is 0.00000392. The lowest BCUT2D eigenvalue weighted by Gasteiger charge is -2.32. The van der Waals surface area contributed by atoms with Gasteiger partial charge in [0.2, 0.25) is 0 Å². The van der Waals surface area contributed by atoms with Crippen molar-refractivity contribution in [2.24, 2.45) is 4.99 Å². The van der Waals surface area contributed by atoms with E-state index in [4.69, 9.17) is 4.74 Å². The number of piperazine rings is 1. The quantitative estimate of drug-likeness (QED) is 0.235. The third-order valence-corrected chi connectivity index (χ3v) is 4.98. The average Bonchev–Trinajstić information content (AvgIpc) is 2.67. The second kappa shape index (κ2) is 14.0. The lowest BCUT2D eigenvalue weighted by atomic mass is 10.1. The summed E-state index contributed by atoms with van der Waals surface area (Å²) in [6.07, 6.45) is 2.38. The van der Waals surface area contributed by atoms with Crippen LogP contribution in [0.1, 0.15) is 30.9 Å². The number of rotatable bonds is 9. The summed E-state index contributed by atoms with van der Waals surface area (Å²) < 4.78 is 5.75. The van der Waals surface area contributed by atoms with Gasteiger partial charge >= 0.3 is 0 Å². The van der Waals surface area contributed by atoms with Crippen LogP contribution in [0.4, 0.5) is 0 Å². The van der Waals surface area contributed by atoms with E-state index >= 15 is 0 Å². The summed E-state index contributed by atoms with van der Waals surface area (Å²) in [5.41, 5.74) is 2.37. The van der Waals surface area contributed by atoms with Gasteiger partial charge in [0.1, 0.15) is 5.75 Å². The maximum Gasteiger partial charge on any atom is 0.191 e. The molecule has 160 valence electrons. The lowest BCUT2D eigenvalue weighted by Crippen LogP contribution is -2.44.